The molecule has 1 fully saturated rings. The lowest BCUT2D eigenvalue weighted by molar-refractivity contribution is -0.385. The van der Waals surface area contributed by atoms with Crippen molar-refractivity contribution in [3.05, 3.63) is 46.0 Å². The number of ketones is 1. The topological polar surface area (TPSA) is 141 Å². The van der Waals surface area contributed by atoms with Gasteiger partial charge in [0.2, 0.25) is 5.91 Å². The summed E-state index contributed by atoms with van der Waals surface area (Å²) in [6.07, 6.45) is 2.60. The minimum atomic E-state index is -1.57. The lowest BCUT2D eigenvalue weighted by atomic mass is 9.84. The Bertz CT molecular complexity index is 720. The summed E-state index contributed by atoms with van der Waals surface area (Å²) in [5, 5.41) is 20.1. The van der Waals surface area contributed by atoms with Gasteiger partial charge in [0.1, 0.15) is 5.92 Å². The van der Waals surface area contributed by atoms with Gasteiger partial charge < -0.3 is 10.8 Å². The number of para-hydroxylation sites is 1. The average molecular weight is 318 g/mol. The van der Waals surface area contributed by atoms with E-state index < -0.39 is 33.9 Å². The van der Waals surface area contributed by atoms with Gasteiger partial charge in [-0.25, -0.2) is 0 Å². The molecule has 0 spiro atoms. The van der Waals surface area contributed by atoms with Crippen LogP contribution in [0.15, 0.2) is 30.3 Å². The van der Waals surface area contributed by atoms with Gasteiger partial charge in [-0.1, -0.05) is 12.1 Å². The Morgan fingerprint density at radius 1 is 1.30 bits per heavy atom. The molecule has 1 aliphatic carbocycles. The Morgan fingerprint density at radius 3 is 2.39 bits per heavy atom. The second kappa shape index (κ2) is 5.99. The number of carbonyl (C=O) groups is 3. The number of aliphatic carboxylic acids is 1. The molecule has 1 aliphatic rings. The highest BCUT2D eigenvalue weighted by Crippen LogP contribution is 2.52. The summed E-state index contributed by atoms with van der Waals surface area (Å²) < 4.78 is 0. The molecule has 2 rings (SSSR count). The maximum atomic E-state index is 12.2. The van der Waals surface area contributed by atoms with Crippen LogP contribution in [0, 0.1) is 21.4 Å². The maximum absolute atomic E-state index is 12.2. The highest BCUT2D eigenvalue weighted by atomic mass is 16.6. The Labute approximate surface area is 130 Å². The largest absolute Gasteiger partial charge is 0.481 e. The molecule has 120 valence electrons. The molecule has 1 amide bonds. The van der Waals surface area contributed by atoms with Gasteiger partial charge in [0.15, 0.2) is 5.78 Å². The Morgan fingerprint density at radius 2 is 1.91 bits per heavy atom. The molecular formula is C15H14N2O6. The van der Waals surface area contributed by atoms with Crippen molar-refractivity contribution in [2.45, 2.75) is 12.8 Å². The number of nitrogens with two attached hydrogens (primary N) is 1. The number of allylic oxidation sites excluding steroid dienone is 1. The van der Waals surface area contributed by atoms with Crippen molar-refractivity contribution in [3.63, 3.8) is 0 Å². The van der Waals surface area contributed by atoms with Crippen LogP contribution < -0.4 is 5.73 Å². The molecule has 0 saturated heterocycles. The molecule has 1 saturated carbocycles. The van der Waals surface area contributed by atoms with Crippen molar-refractivity contribution in [2.24, 2.45) is 17.1 Å². The minimum absolute atomic E-state index is 0.166. The molecule has 23 heavy (non-hydrogen) atoms. The predicted octanol–water partition coefficient (Wildman–Crippen LogP) is 1.14. The van der Waals surface area contributed by atoms with Crippen LogP contribution >= 0.6 is 0 Å². The van der Waals surface area contributed by atoms with Gasteiger partial charge in [0, 0.05) is 6.07 Å². The van der Waals surface area contributed by atoms with Crippen molar-refractivity contribution in [3.8, 4) is 0 Å². The van der Waals surface area contributed by atoms with Crippen LogP contribution in [-0.4, -0.2) is 27.7 Å². The molecule has 8 heteroatoms. The first-order chi connectivity index (χ1) is 10.8. The second-order valence-electron chi connectivity index (χ2n) is 5.34. The molecule has 1 aromatic carbocycles. The third-order valence-corrected chi connectivity index (χ3v) is 3.92. The van der Waals surface area contributed by atoms with E-state index in [4.69, 9.17) is 5.73 Å². The Hall–Kier alpha value is -3.03. The standard InChI is InChI=1S/C15H14N2O6/c16-14(21)15(7-8-15)12(13(19)20)11(18)6-5-9-3-1-2-4-10(9)17(22)23/h1-6,12H,7-8H2,(H2,16,21)(H,19,20). The number of amides is 1. The van der Waals surface area contributed by atoms with Crippen LogP contribution in [0.2, 0.25) is 0 Å². The molecule has 0 bridgehead atoms. The number of benzene rings is 1. The summed E-state index contributed by atoms with van der Waals surface area (Å²) in [7, 11) is 0. The molecule has 8 nitrogen and oxygen atoms in total. The van der Waals surface area contributed by atoms with Crippen LogP contribution in [0.1, 0.15) is 18.4 Å². The van der Waals surface area contributed by atoms with E-state index in [1.54, 1.807) is 6.07 Å². The minimum Gasteiger partial charge on any atom is -0.481 e. The van der Waals surface area contributed by atoms with E-state index in [1.807, 2.05) is 0 Å². The summed E-state index contributed by atoms with van der Waals surface area (Å²) >= 11 is 0. The Balaban J connectivity index is 2.29. The average Bonchev–Trinajstić information content (AvgIpc) is 3.26. The molecule has 1 aromatic rings. The Kier molecular flexibility index (Phi) is 4.26. The van der Waals surface area contributed by atoms with Gasteiger partial charge in [-0.15, -0.1) is 0 Å². The van der Waals surface area contributed by atoms with E-state index in [0.29, 0.717) is 0 Å². The first kappa shape index (κ1) is 16.3. The van der Waals surface area contributed by atoms with Crippen molar-refractivity contribution in [1.82, 2.24) is 0 Å². The molecule has 0 radical (unpaired) electrons. The number of nitro benzene ring substituents is 1. The van der Waals surface area contributed by atoms with Gasteiger partial charge >= 0.3 is 5.97 Å². The van der Waals surface area contributed by atoms with Crippen LogP contribution in [0.25, 0.3) is 6.08 Å². The lowest BCUT2D eigenvalue weighted by Crippen LogP contribution is -2.40. The summed E-state index contributed by atoms with van der Waals surface area (Å²) in [6.45, 7) is 0. The van der Waals surface area contributed by atoms with E-state index >= 15 is 0 Å². The first-order valence-electron chi connectivity index (χ1n) is 6.77. The van der Waals surface area contributed by atoms with Crippen LogP contribution in [0.3, 0.4) is 0 Å². The predicted molar refractivity (Wildman–Crippen MR) is 79.1 cm³/mol. The van der Waals surface area contributed by atoms with E-state index in [0.717, 1.165) is 6.08 Å². The number of nitro groups is 1. The maximum Gasteiger partial charge on any atom is 0.315 e. The van der Waals surface area contributed by atoms with E-state index in [1.165, 1.54) is 24.3 Å². The number of hydrogen-bond donors (Lipinski definition) is 2. The summed E-state index contributed by atoms with van der Waals surface area (Å²) in [5.74, 6) is -4.64. The fourth-order valence-corrected chi connectivity index (χ4v) is 2.51. The molecule has 0 aromatic heterocycles. The number of hydrogen-bond acceptors (Lipinski definition) is 5. The molecule has 1 atom stereocenters. The quantitative estimate of drug-likeness (QED) is 0.334. The zero-order chi connectivity index (χ0) is 17.2. The number of nitrogens with zero attached hydrogens (tertiary/aromatic N) is 1. The monoisotopic (exact) mass is 318 g/mol. The number of primary amides is 1. The number of rotatable bonds is 7. The van der Waals surface area contributed by atoms with Crippen LogP contribution in [-0.2, 0) is 14.4 Å². The van der Waals surface area contributed by atoms with Crippen LogP contribution in [0.4, 0.5) is 5.69 Å². The molecule has 0 heterocycles. The van der Waals surface area contributed by atoms with Crippen molar-refractivity contribution in [1.29, 1.82) is 0 Å². The van der Waals surface area contributed by atoms with E-state index in [9.17, 15) is 29.6 Å². The van der Waals surface area contributed by atoms with Crippen molar-refractivity contribution in [2.75, 3.05) is 0 Å². The summed E-state index contributed by atoms with van der Waals surface area (Å²) in [4.78, 5) is 45.3. The number of carboxylic acids is 1. The zero-order valence-electron chi connectivity index (χ0n) is 12.0. The van der Waals surface area contributed by atoms with E-state index in [2.05, 4.69) is 0 Å². The smallest absolute Gasteiger partial charge is 0.315 e. The molecule has 3 N–H and O–H groups in total. The molecular weight excluding hydrogens is 304 g/mol. The fraction of sp³-hybridized carbons (Fsp3) is 0.267. The zero-order valence-corrected chi connectivity index (χ0v) is 12.0. The van der Waals surface area contributed by atoms with Crippen molar-refractivity contribution < 1.29 is 24.4 Å². The lowest BCUT2D eigenvalue weighted by Gasteiger charge is -2.17. The third-order valence-electron chi connectivity index (χ3n) is 3.92. The first-order valence-corrected chi connectivity index (χ1v) is 6.77. The number of carboxylic acid groups (broad SMARTS) is 1. The molecule has 0 aliphatic heterocycles. The van der Waals surface area contributed by atoms with Gasteiger partial charge in [-0.3, -0.25) is 24.5 Å². The third kappa shape index (κ3) is 3.10. The van der Waals surface area contributed by atoms with Gasteiger partial charge in [-0.2, -0.15) is 0 Å². The van der Waals surface area contributed by atoms with Gasteiger partial charge in [0.05, 0.1) is 15.9 Å². The number of carbonyl (C=O) groups excluding carboxylic acids is 2. The van der Waals surface area contributed by atoms with Crippen molar-refractivity contribution >= 4 is 29.4 Å². The van der Waals surface area contributed by atoms with Crippen LogP contribution in [0.5, 0.6) is 0 Å². The van der Waals surface area contributed by atoms with Gasteiger partial charge in [-0.05, 0) is 31.1 Å². The fourth-order valence-electron chi connectivity index (χ4n) is 2.51. The van der Waals surface area contributed by atoms with Gasteiger partial charge in [0.25, 0.3) is 5.69 Å². The SMILES string of the molecule is NC(=O)C1(C(C(=O)O)C(=O)C=Cc2ccccc2[N+](=O)[O-])CC1. The highest BCUT2D eigenvalue weighted by molar-refractivity contribution is 6.11. The summed E-state index contributed by atoms with van der Waals surface area (Å²) in [5.41, 5.74) is 3.82. The molecule has 1 unspecified atom stereocenters. The summed E-state index contributed by atoms with van der Waals surface area (Å²) in [6, 6.07) is 5.73. The normalized spacial score (nSPS) is 16.7. The van der Waals surface area contributed by atoms with E-state index in [-0.39, 0.29) is 24.1 Å². The highest BCUT2D eigenvalue weighted by Gasteiger charge is 2.59. The second-order valence-corrected chi connectivity index (χ2v) is 5.34.